The van der Waals surface area contributed by atoms with Crippen LogP contribution in [0.2, 0.25) is 0 Å². The van der Waals surface area contributed by atoms with Crippen molar-refractivity contribution in [2.24, 2.45) is 5.41 Å². The molecule has 4 aromatic rings. The first kappa shape index (κ1) is 24.2. The van der Waals surface area contributed by atoms with Crippen molar-refractivity contribution in [3.05, 3.63) is 71.5 Å². The molecule has 1 spiro atoms. The maximum Gasteiger partial charge on any atom is 0.253 e. The number of aromatic amines is 1. The highest BCUT2D eigenvalue weighted by Gasteiger charge is 2.44. The second-order valence-corrected chi connectivity index (χ2v) is 11.6. The monoisotopic (exact) mass is 509 g/mol. The van der Waals surface area contributed by atoms with E-state index in [1.165, 1.54) is 0 Å². The summed E-state index contributed by atoms with van der Waals surface area (Å²) in [5, 5.41) is 18.7. The number of amides is 1. The molecule has 1 amide bonds. The number of rotatable bonds is 3. The fourth-order valence-electron chi connectivity index (χ4n) is 5.86. The Morgan fingerprint density at radius 2 is 1.71 bits per heavy atom. The molecule has 194 valence electrons. The fraction of sp³-hybridized carbons (Fsp3) is 0.379. The summed E-state index contributed by atoms with van der Waals surface area (Å²) < 4.78 is 1.88. The molecule has 1 fully saturated rings. The maximum absolute atomic E-state index is 13.3. The number of nitrogens with zero attached hydrogens (tertiary/aromatic N) is 6. The van der Waals surface area contributed by atoms with E-state index < -0.39 is 0 Å². The summed E-state index contributed by atoms with van der Waals surface area (Å²) >= 11 is 0. The molecule has 1 saturated heterocycles. The molecule has 1 N–H and O–H groups in total. The Morgan fingerprint density at radius 1 is 0.974 bits per heavy atom. The minimum absolute atomic E-state index is 0.0373. The van der Waals surface area contributed by atoms with Gasteiger partial charge in [0.15, 0.2) is 5.78 Å². The maximum atomic E-state index is 13.3. The molecule has 6 rings (SSSR count). The van der Waals surface area contributed by atoms with Crippen molar-refractivity contribution in [3.63, 3.8) is 0 Å². The second-order valence-electron chi connectivity index (χ2n) is 11.6. The number of hydrogen-bond donors (Lipinski definition) is 1. The third-order valence-corrected chi connectivity index (χ3v) is 7.89. The number of fused-ring (bicyclic) bond motifs is 1. The quantitative estimate of drug-likeness (QED) is 0.434. The topological polar surface area (TPSA) is 110 Å². The van der Waals surface area contributed by atoms with Gasteiger partial charge in [-0.05, 0) is 80.0 Å². The molecule has 9 nitrogen and oxygen atoms in total. The normalized spacial score (nSPS) is 17.0. The number of aromatic nitrogens is 6. The van der Waals surface area contributed by atoms with Crippen molar-refractivity contribution in [3.8, 4) is 22.5 Å². The van der Waals surface area contributed by atoms with Gasteiger partial charge in [0, 0.05) is 36.2 Å². The highest BCUT2D eigenvalue weighted by molar-refractivity contribution is 5.98. The van der Waals surface area contributed by atoms with Crippen LogP contribution in [0, 0.1) is 5.41 Å². The lowest BCUT2D eigenvalue weighted by molar-refractivity contribution is 0.0515. The van der Waals surface area contributed by atoms with E-state index in [0.717, 1.165) is 47.2 Å². The Balaban J connectivity index is 1.13. The van der Waals surface area contributed by atoms with Crippen LogP contribution in [-0.4, -0.2) is 60.1 Å². The van der Waals surface area contributed by atoms with E-state index in [0.29, 0.717) is 30.9 Å². The summed E-state index contributed by atoms with van der Waals surface area (Å²) in [5.41, 5.74) is 5.08. The molecule has 0 atom stereocenters. The molecule has 1 aliphatic carbocycles. The average Bonchev–Trinajstić information content (AvgIpc) is 3.60. The number of Topliss-reactive ketones (excluding diaryl/α,β-unsaturated/α-hetero) is 1. The Kier molecular flexibility index (Phi) is 5.74. The van der Waals surface area contributed by atoms with Gasteiger partial charge in [-0.25, -0.2) is 0 Å². The number of ketones is 1. The minimum atomic E-state index is -0.226. The lowest BCUT2D eigenvalue weighted by atomic mass is 9.67. The standard InChI is InChI=1S/C29H31N7O2/c1-28(2,3)36-25-23(18-30-36)16-29(17-24(25)37)11-13-35(14-12-29)27(38)20-9-7-19(8-10-20)21-5-4-6-22(15-21)26-31-33-34-32-26/h4-10,15,18H,11-14,16-17H2,1-3H3,(H,31,32,33,34). The van der Waals surface area contributed by atoms with Gasteiger partial charge in [0.05, 0.1) is 11.7 Å². The predicted octanol–water partition coefficient (Wildman–Crippen LogP) is 4.54. The van der Waals surface area contributed by atoms with Crippen LogP contribution >= 0.6 is 0 Å². The number of piperidine rings is 1. The van der Waals surface area contributed by atoms with Gasteiger partial charge in [-0.1, -0.05) is 30.3 Å². The number of nitrogens with one attached hydrogen (secondary N) is 1. The van der Waals surface area contributed by atoms with Crippen molar-refractivity contribution < 1.29 is 9.59 Å². The van der Waals surface area contributed by atoms with Crippen molar-refractivity contribution >= 4 is 11.7 Å². The first-order valence-corrected chi connectivity index (χ1v) is 13.1. The zero-order valence-electron chi connectivity index (χ0n) is 21.9. The molecule has 0 saturated carbocycles. The van der Waals surface area contributed by atoms with Crippen molar-refractivity contribution in [2.75, 3.05) is 13.1 Å². The molecule has 3 heterocycles. The number of hydrogen-bond acceptors (Lipinski definition) is 6. The molecule has 0 radical (unpaired) electrons. The Hall–Kier alpha value is -4.14. The highest BCUT2D eigenvalue weighted by Crippen LogP contribution is 2.44. The summed E-state index contributed by atoms with van der Waals surface area (Å²) in [5.74, 6) is 0.758. The summed E-state index contributed by atoms with van der Waals surface area (Å²) in [4.78, 5) is 28.5. The van der Waals surface area contributed by atoms with E-state index in [4.69, 9.17) is 0 Å². The van der Waals surface area contributed by atoms with Gasteiger partial charge < -0.3 is 4.90 Å². The summed E-state index contributed by atoms with van der Waals surface area (Å²) in [6, 6.07) is 15.6. The van der Waals surface area contributed by atoms with E-state index in [9.17, 15) is 9.59 Å². The summed E-state index contributed by atoms with van der Waals surface area (Å²) in [6.45, 7) is 7.53. The largest absolute Gasteiger partial charge is 0.339 e. The molecular weight excluding hydrogens is 478 g/mol. The summed E-state index contributed by atoms with van der Waals surface area (Å²) in [6.07, 6.45) is 4.90. The van der Waals surface area contributed by atoms with Gasteiger partial charge in [-0.2, -0.15) is 10.3 Å². The smallest absolute Gasteiger partial charge is 0.253 e. The predicted molar refractivity (Wildman–Crippen MR) is 142 cm³/mol. The lowest BCUT2D eigenvalue weighted by Crippen LogP contribution is -2.46. The Morgan fingerprint density at radius 3 is 2.39 bits per heavy atom. The fourth-order valence-corrected chi connectivity index (χ4v) is 5.86. The molecule has 2 aromatic carbocycles. The second kappa shape index (κ2) is 9.01. The molecule has 1 aliphatic heterocycles. The van der Waals surface area contributed by atoms with Crippen molar-refractivity contribution in [1.29, 1.82) is 0 Å². The Labute approximate surface area is 221 Å². The molecule has 0 bridgehead atoms. The number of carbonyl (C=O) groups is 2. The lowest BCUT2D eigenvalue weighted by Gasteiger charge is -2.43. The molecule has 38 heavy (non-hydrogen) atoms. The number of benzene rings is 2. The van der Waals surface area contributed by atoms with E-state index in [-0.39, 0.29) is 22.6 Å². The SMILES string of the molecule is CC(C)(C)n1ncc2c1C(=O)CC1(CCN(C(=O)c3ccc(-c4cccc(-c5nn[nH]n5)c4)cc3)CC1)C2. The van der Waals surface area contributed by atoms with Crippen LogP contribution in [0.4, 0.5) is 0 Å². The van der Waals surface area contributed by atoms with Gasteiger partial charge in [0.25, 0.3) is 5.91 Å². The van der Waals surface area contributed by atoms with Crippen molar-refractivity contribution in [2.45, 2.75) is 52.0 Å². The van der Waals surface area contributed by atoms with Crippen LogP contribution in [-0.2, 0) is 12.0 Å². The molecule has 2 aliphatic rings. The number of H-pyrrole nitrogens is 1. The number of carbonyl (C=O) groups excluding carboxylic acids is 2. The molecule has 2 aromatic heterocycles. The first-order chi connectivity index (χ1) is 18.2. The van der Waals surface area contributed by atoms with Crippen LogP contribution in [0.1, 0.15) is 66.4 Å². The summed E-state index contributed by atoms with van der Waals surface area (Å²) in [7, 11) is 0. The van der Waals surface area contributed by atoms with Crippen molar-refractivity contribution in [1.82, 2.24) is 35.3 Å². The average molecular weight is 510 g/mol. The highest BCUT2D eigenvalue weighted by atomic mass is 16.2. The van der Waals surface area contributed by atoms with Gasteiger partial charge in [-0.15, -0.1) is 10.2 Å². The molecule has 9 heteroatoms. The first-order valence-electron chi connectivity index (χ1n) is 13.1. The minimum Gasteiger partial charge on any atom is -0.339 e. The van der Waals surface area contributed by atoms with E-state index in [1.54, 1.807) is 0 Å². The third-order valence-electron chi connectivity index (χ3n) is 7.89. The number of tetrazole rings is 1. The number of likely N-dealkylation sites (tertiary alicyclic amines) is 1. The van der Waals surface area contributed by atoms with Crippen LogP contribution in [0.15, 0.2) is 54.7 Å². The van der Waals surface area contributed by atoms with Gasteiger partial charge in [0.1, 0.15) is 5.69 Å². The van der Waals surface area contributed by atoms with Crippen LogP contribution in [0.25, 0.3) is 22.5 Å². The van der Waals surface area contributed by atoms with Gasteiger partial charge in [-0.3, -0.25) is 14.3 Å². The third kappa shape index (κ3) is 4.31. The zero-order chi connectivity index (χ0) is 26.5. The van der Waals surface area contributed by atoms with Crippen LogP contribution in [0.5, 0.6) is 0 Å². The Bertz CT molecular complexity index is 1490. The molecule has 0 unspecified atom stereocenters. The van der Waals surface area contributed by atoms with E-state index in [1.807, 2.05) is 64.3 Å². The zero-order valence-corrected chi connectivity index (χ0v) is 21.9. The van der Waals surface area contributed by atoms with Gasteiger partial charge >= 0.3 is 0 Å². The van der Waals surface area contributed by atoms with E-state index in [2.05, 4.69) is 46.5 Å². The van der Waals surface area contributed by atoms with Gasteiger partial charge in [0.2, 0.25) is 5.82 Å². The van der Waals surface area contributed by atoms with Crippen LogP contribution in [0.3, 0.4) is 0 Å². The van der Waals surface area contributed by atoms with E-state index >= 15 is 0 Å². The molecular formula is C29H31N7O2. The van der Waals surface area contributed by atoms with Crippen LogP contribution < -0.4 is 0 Å².